The summed E-state index contributed by atoms with van der Waals surface area (Å²) in [7, 11) is 1.26. The molecule has 0 fully saturated rings. The van der Waals surface area contributed by atoms with Crippen LogP contribution < -0.4 is 10.6 Å². The second kappa shape index (κ2) is 4.29. The first kappa shape index (κ1) is 11.2. The number of hydroxylamine groups is 1. The lowest BCUT2D eigenvalue weighted by molar-refractivity contribution is -0.522. The molecule has 2 aromatic rings. The van der Waals surface area contributed by atoms with Gasteiger partial charge in [0.05, 0.1) is 0 Å². The third-order valence-electron chi connectivity index (χ3n) is 2.51. The summed E-state index contributed by atoms with van der Waals surface area (Å²) in [5, 5.41) is 15.8. The molecule has 0 saturated carbocycles. The average Bonchev–Trinajstić information content (AvgIpc) is 2.32. The van der Waals surface area contributed by atoms with Crippen molar-refractivity contribution in [3.8, 4) is 5.75 Å². The van der Waals surface area contributed by atoms with Crippen LogP contribution in [0.3, 0.4) is 0 Å². The first-order valence-corrected chi connectivity index (χ1v) is 5.16. The number of anilines is 1. The van der Waals surface area contributed by atoms with Crippen LogP contribution in [0.25, 0.3) is 10.8 Å². The van der Waals surface area contributed by atoms with Crippen molar-refractivity contribution < 1.29 is 9.70 Å². The van der Waals surface area contributed by atoms with Gasteiger partial charge in [0.1, 0.15) is 0 Å². The zero-order valence-electron chi connectivity index (χ0n) is 9.68. The highest BCUT2D eigenvalue weighted by molar-refractivity contribution is 5.98. The molecule has 5 nitrogen and oxygen atoms in total. The maximum Gasteiger partial charge on any atom is 0.205 e. The number of hydrogen-bond donors (Lipinski definition) is 1. The third-order valence-corrected chi connectivity index (χ3v) is 2.51. The van der Waals surface area contributed by atoms with Crippen molar-refractivity contribution in [1.29, 1.82) is 0 Å². The molecule has 0 aliphatic carbocycles. The van der Waals surface area contributed by atoms with Gasteiger partial charge in [-0.15, -0.1) is 0 Å². The molecule has 2 N–H and O–H groups in total. The maximum atomic E-state index is 10.7. The van der Waals surface area contributed by atoms with E-state index in [-0.39, 0.29) is 0 Å². The molecule has 0 aliphatic heterocycles. The maximum absolute atomic E-state index is 10.7. The molecule has 0 aromatic heterocycles. The van der Waals surface area contributed by atoms with Gasteiger partial charge in [-0.05, 0) is 18.6 Å². The van der Waals surface area contributed by atoms with Crippen molar-refractivity contribution in [2.24, 2.45) is 5.28 Å². The van der Waals surface area contributed by atoms with Crippen LogP contribution in [0.2, 0.25) is 0 Å². The van der Waals surface area contributed by atoms with E-state index in [1.165, 1.54) is 7.05 Å². The topological polar surface area (TPSA) is 73.7 Å². The van der Waals surface area contributed by atoms with Crippen molar-refractivity contribution in [2.75, 3.05) is 12.8 Å². The fourth-order valence-corrected chi connectivity index (χ4v) is 1.67. The first-order chi connectivity index (χ1) is 8.09. The Labute approximate surface area is 98.7 Å². The van der Waals surface area contributed by atoms with Crippen LogP contribution >= 0.6 is 0 Å². The molecule has 0 bridgehead atoms. The molecule has 0 unspecified atom stereocenters. The van der Waals surface area contributed by atoms with Gasteiger partial charge in [-0.3, -0.25) is 0 Å². The van der Waals surface area contributed by atoms with E-state index in [1.807, 2.05) is 31.2 Å². The van der Waals surface area contributed by atoms with E-state index in [0.29, 0.717) is 16.3 Å². The lowest BCUT2D eigenvalue weighted by atomic mass is 10.0. The molecular formula is C12H13N3O2. The van der Waals surface area contributed by atoms with Gasteiger partial charge < -0.3 is 15.8 Å². The van der Waals surface area contributed by atoms with E-state index >= 15 is 0 Å². The largest absolute Gasteiger partial charge is 0.598 e. The molecule has 0 radical (unpaired) electrons. The van der Waals surface area contributed by atoms with Crippen molar-refractivity contribution >= 4 is 16.5 Å². The van der Waals surface area contributed by atoms with E-state index < -0.39 is 0 Å². The second-order valence-corrected chi connectivity index (χ2v) is 3.79. The molecule has 0 atom stereocenters. The van der Waals surface area contributed by atoms with E-state index in [2.05, 4.69) is 5.28 Å². The van der Waals surface area contributed by atoms with Gasteiger partial charge in [-0.2, -0.15) is 0 Å². The van der Waals surface area contributed by atoms with E-state index in [9.17, 15) is 5.21 Å². The smallest absolute Gasteiger partial charge is 0.205 e. The third kappa shape index (κ3) is 2.13. The number of nitrogens with two attached hydrogens (primary N) is 1. The van der Waals surface area contributed by atoms with E-state index in [0.717, 1.165) is 16.3 Å². The van der Waals surface area contributed by atoms with Crippen molar-refractivity contribution in [3.05, 3.63) is 41.1 Å². The van der Waals surface area contributed by atoms with Crippen LogP contribution in [0.4, 0.5) is 5.69 Å². The summed E-state index contributed by atoms with van der Waals surface area (Å²) in [6.07, 6.45) is 0. The normalized spacial score (nSPS) is 11.8. The minimum absolute atomic E-state index is 0.362. The lowest BCUT2D eigenvalue weighted by Gasteiger charge is -2.08. The monoisotopic (exact) mass is 231 g/mol. The molecule has 0 amide bonds. The summed E-state index contributed by atoms with van der Waals surface area (Å²) in [6, 6.07) is 9.33. The standard InChI is InChI=1S/C12H13N3O2/c1-8-7-11(17-14-15(2)16)9-5-3-4-6-10(9)12(8)13/h3-7H,13H2,1-2H3. The SMILES string of the molecule is Cc1cc(ON=[N+](C)[O-])c2ccccc2c1N. The van der Waals surface area contributed by atoms with Gasteiger partial charge in [0.15, 0.2) is 12.8 Å². The van der Waals surface area contributed by atoms with Crippen molar-refractivity contribution in [2.45, 2.75) is 6.92 Å². The summed E-state index contributed by atoms with van der Waals surface area (Å²) in [5.74, 6) is 0.523. The quantitative estimate of drug-likeness (QED) is 0.373. The van der Waals surface area contributed by atoms with E-state index in [4.69, 9.17) is 10.6 Å². The average molecular weight is 231 g/mol. The fourth-order valence-electron chi connectivity index (χ4n) is 1.67. The zero-order chi connectivity index (χ0) is 12.4. The summed E-state index contributed by atoms with van der Waals surface area (Å²) >= 11 is 0. The summed E-state index contributed by atoms with van der Waals surface area (Å²) in [5.41, 5.74) is 7.59. The number of aryl methyl sites for hydroxylation is 1. The van der Waals surface area contributed by atoms with Gasteiger partial charge in [-0.1, -0.05) is 29.1 Å². The number of fused-ring (bicyclic) bond motifs is 1. The predicted octanol–water partition coefficient (Wildman–Crippen LogP) is 2.62. The highest BCUT2D eigenvalue weighted by Gasteiger charge is 2.08. The Bertz CT molecular complexity index is 590. The fraction of sp³-hybridized carbons (Fsp3) is 0.167. The Morgan fingerprint density at radius 3 is 2.59 bits per heavy atom. The second-order valence-electron chi connectivity index (χ2n) is 3.79. The Hall–Kier alpha value is -2.30. The Balaban J connectivity index is 2.63. The number of nitrogen functional groups attached to an aromatic ring is 1. The first-order valence-electron chi connectivity index (χ1n) is 5.16. The molecular weight excluding hydrogens is 218 g/mol. The van der Waals surface area contributed by atoms with Gasteiger partial charge in [-0.25, -0.2) is 0 Å². The van der Waals surface area contributed by atoms with Gasteiger partial charge >= 0.3 is 0 Å². The molecule has 88 valence electrons. The highest BCUT2D eigenvalue weighted by Crippen LogP contribution is 2.32. The van der Waals surface area contributed by atoms with Gasteiger partial charge in [0, 0.05) is 16.5 Å². The summed E-state index contributed by atoms with van der Waals surface area (Å²) in [6.45, 7) is 1.88. The molecule has 0 spiro atoms. The van der Waals surface area contributed by atoms with Gasteiger partial charge in [0.25, 0.3) is 0 Å². The van der Waals surface area contributed by atoms with Crippen LogP contribution in [0.1, 0.15) is 5.56 Å². The summed E-state index contributed by atoms with van der Waals surface area (Å²) in [4.78, 5) is 5.46. The molecule has 5 heteroatoms. The predicted molar refractivity (Wildman–Crippen MR) is 65.7 cm³/mol. The summed E-state index contributed by atoms with van der Waals surface area (Å²) < 4.78 is 0. The Kier molecular flexibility index (Phi) is 2.82. The minimum atomic E-state index is 0.362. The molecule has 0 aliphatic rings. The zero-order valence-corrected chi connectivity index (χ0v) is 9.68. The molecule has 2 rings (SSSR count). The molecule has 0 heterocycles. The Morgan fingerprint density at radius 1 is 1.29 bits per heavy atom. The van der Waals surface area contributed by atoms with Crippen LogP contribution in [0.5, 0.6) is 5.75 Å². The number of rotatable bonds is 2. The lowest BCUT2D eigenvalue weighted by Crippen LogP contribution is -1.97. The van der Waals surface area contributed by atoms with Crippen molar-refractivity contribution in [1.82, 2.24) is 0 Å². The van der Waals surface area contributed by atoms with Crippen LogP contribution in [0.15, 0.2) is 35.6 Å². The van der Waals surface area contributed by atoms with Crippen LogP contribution in [0, 0.1) is 12.1 Å². The molecule has 17 heavy (non-hydrogen) atoms. The Morgan fingerprint density at radius 2 is 1.94 bits per heavy atom. The minimum Gasteiger partial charge on any atom is -0.598 e. The van der Waals surface area contributed by atoms with Crippen LogP contribution in [-0.4, -0.2) is 11.9 Å². The number of benzene rings is 2. The number of hydrogen-bond acceptors (Lipinski definition) is 4. The number of nitrogens with zero attached hydrogens (tertiary/aromatic N) is 2. The van der Waals surface area contributed by atoms with Gasteiger partial charge in [0.2, 0.25) is 5.28 Å². The van der Waals surface area contributed by atoms with E-state index in [1.54, 1.807) is 6.07 Å². The van der Waals surface area contributed by atoms with Crippen LogP contribution in [-0.2, 0) is 0 Å². The highest BCUT2D eigenvalue weighted by atomic mass is 16.7. The molecule has 0 saturated heterocycles. The van der Waals surface area contributed by atoms with Crippen molar-refractivity contribution in [3.63, 3.8) is 0 Å². The molecule has 2 aromatic carbocycles.